The van der Waals surface area contributed by atoms with Gasteiger partial charge in [-0.25, -0.2) is 8.42 Å². The molecular formula is C13H17N3O4S. The van der Waals surface area contributed by atoms with Crippen molar-refractivity contribution in [3.05, 3.63) is 34.4 Å². The van der Waals surface area contributed by atoms with Crippen LogP contribution in [-0.4, -0.2) is 42.8 Å². The number of nitro groups is 1. The lowest BCUT2D eigenvalue weighted by Crippen LogP contribution is -2.43. The number of hydrogen-bond donors (Lipinski definition) is 1. The van der Waals surface area contributed by atoms with E-state index in [2.05, 4.69) is 5.32 Å². The van der Waals surface area contributed by atoms with E-state index in [-0.39, 0.29) is 22.7 Å². The minimum Gasteiger partial charge on any atom is -0.315 e. The maximum Gasteiger partial charge on any atom is 0.270 e. The van der Waals surface area contributed by atoms with Gasteiger partial charge in [0.15, 0.2) is 0 Å². The Hall–Kier alpha value is -1.51. The molecule has 1 aromatic rings. The molecule has 2 aliphatic rings. The fourth-order valence-corrected chi connectivity index (χ4v) is 4.69. The topological polar surface area (TPSA) is 92.5 Å². The number of nitrogens with one attached hydrogen (secondary N) is 1. The number of hydrogen-bond acceptors (Lipinski definition) is 5. The van der Waals surface area contributed by atoms with Crippen LogP contribution in [0.15, 0.2) is 29.2 Å². The van der Waals surface area contributed by atoms with Gasteiger partial charge in [0, 0.05) is 30.8 Å². The molecule has 0 amide bonds. The first kappa shape index (κ1) is 14.4. The van der Waals surface area contributed by atoms with E-state index in [1.54, 1.807) is 4.31 Å². The summed E-state index contributed by atoms with van der Waals surface area (Å²) < 4.78 is 27.3. The molecule has 0 aromatic heterocycles. The molecular weight excluding hydrogens is 294 g/mol. The molecule has 114 valence electrons. The molecule has 2 fully saturated rings. The van der Waals surface area contributed by atoms with E-state index in [1.165, 1.54) is 18.2 Å². The number of sulfonamides is 1. The number of rotatable bonds is 5. The fraction of sp³-hybridized carbons (Fsp3) is 0.538. The van der Waals surface area contributed by atoms with Crippen LogP contribution < -0.4 is 5.32 Å². The Morgan fingerprint density at radius 3 is 2.57 bits per heavy atom. The Balaban J connectivity index is 1.97. The van der Waals surface area contributed by atoms with Crippen molar-refractivity contribution in [3.8, 4) is 0 Å². The lowest BCUT2D eigenvalue weighted by molar-refractivity contribution is -0.385. The highest BCUT2D eigenvalue weighted by Gasteiger charge is 2.43. The van der Waals surface area contributed by atoms with Gasteiger partial charge in [-0.05, 0) is 31.9 Å². The SMILES string of the molecule is O=[N+]([O-])c1cccc(S(=O)(=O)N(C2CC2)C2CCNC2)c1. The molecule has 1 unspecified atom stereocenters. The number of nitro benzene ring substituents is 1. The first-order valence-corrected chi connectivity index (χ1v) is 8.43. The summed E-state index contributed by atoms with van der Waals surface area (Å²) in [5.74, 6) is 0. The monoisotopic (exact) mass is 311 g/mol. The molecule has 0 radical (unpaired) electrons. The van der Waals surface area contributed by atoms with Crippen molar-refractivity contribution in [2.45, 2.75) is 36.2 Å². The fourth-order valence-electron chi connectivity index (χ4n) is 2.76. The molecule has 8 heteroatoms. The molecule has 1 N–H and O–H groups in total. The van der Waals surface area contributed by atoms with E-state index < -0.39 is 14.9 Å². The maximum absolute atomic E-state index is 12.9. The normalized spacial score (nSPS) is 22.6. The van der Waals surface area contributed by atoms with Gasteiger partial charge in [0.05, 0.1) is 9.82 Å². The Bertz CT molecular complexity index is 651. The zero-order valence-electron chi connectivity index (χ0n) is 11.4. The summed E-state index contributed by atoms with van der Waals surface area (Å²) in [7, 11) is -3.69. The Kier molecular flexibility index (Phi) is 3.68. The summed E-state index contributed by atoms with van der Waals surface area (Å²) in [6, 6.07) is 5.29. The molecule has 1 aromatic carbocycles. The summed E-state index contributed by atoms with van der Waals surface area (Å²) in [5, 5.41) is 14.0. The summed E-state index contributed by atoms with van der Waals surface area (Å²) in [6.45, 7) is 1.45. The van der Waals surface area contributed by atoms with E-state index in [4.69, 9.17) is 0 Å². The molecule has 3 rings (SSSR count). The molecule has 1 aliphatic carbocycles. The minimum atomic E-state index is -3.69. The van der Waals surface area contributed by atoms with Crippen molar-refractivity contribution in [2.24, 2.45) is 0 Å². The molecule has 0 spiro atoms. The van der Waals surface area contributed by atoms with Crippen LogP contribution in [-0.2, 0) is 10.0 Å². The predicted octanol–water partition coefficient (Wildman–Crippen LogP) is 1.11. The van der Waals surface area contributed by atoms with Gasteiger partial charge in [-0.15, -0.1) is 0 Å². The molecule has 1 saturated heterocycles. The van der Waals surface area contributed by atoms with Gasteiger partial charge in [-0.1, -0.05) is 6.07 Å². The van der Waals surface area contributed by atoms with Crippen LogP contribution in [0.3, 0.4) is 0 Å². The van der Waals surface area contributed by atoms with Crippen molar-refractivity contribution < 1.29 is 13.3 Å². The van der Waals surface area contributed by atoms with Gasteiger partial charge in [0.25, 0.3) is 5.69 Å². The molecule has 21 heavy (non-hydrogen) atoms. The van der Waals surface area contributed by atoms with E-state index in [9.17, 15) is 18.5 Å². The molecule has 1 atom stereocenters. The van der Waals surface area contributed by atoms with E-state index >= 15 is 0 Å². The first-order valence-electron chi connectivity index (χ1n) is 6.99. The Morgan fingerprint density at radius 2 is 2.00 bits per heavy atom. The van der Waals surface area contributed by atoms with Crippen molar-refractivity contribution in [1.82, 2.24) is 9.62 Å². The number of nitrogens with zero attached hydrogens (tertiary/aromatic N) is 2. The first-order chi connectivity index (χ1) is 10.00. The van der Waals surface area contributed by atoms with E-state index in [1.807, 2.05) is 0 Å². The molecule has 1 saturated carbocycles. The summed E-state index contributed by atoms with van der Waals surface area (Å²) >= 11 is 0. The van der Waals surface area contributed by atoms with Gasteiger partial charge in [-0.3, -0.25) is 10.1 Å². The van der Waals surface area contributed by atoms with Crippen molar-refractivity contribution >= 4 is 15.7 Å². The van der Waals surface area contributed by atoms with Crippen LogP contribution in [0.2, 0.25) is 0 Å². The Labute approximate surface area is 123 Å². The second-order valence-corrected chi connectivity index (χ2v) is 7.31. The molecule has 1 aliphatic heterocycles. The van der Waals surface area contributed by atoms with Crippen LogP contribution in [0.4, 0.5) is 5.69 Å². The zero-order chi connectivity index (χ0) is 15.0. The molecule has 0 bridgehead atoms. The average molecular weight is 311 g/mol. The van der Waals surface area contributed by atoms with E-state index in [0.29, 0.717) is 6.54 Å². The zero-order valence-corrected chi connectivity index (χ0v) is 12.3. The number of non-ortho nitro benzene ring substituents is 1. The summed E-state index contributed by atoms with van der Waals surface area (Å²) in [6.07, 6.45) is 2.51. The van der Waals surface area contributed by atoms with Gasteiger partial charge < -0.3 is 5.32 Å². The lowest BCUT2D eigenvalue weighted by atomic mass is 10.2. The summed E-state index contributed by atoms with van der Waals surface area (Å²) in [5.41, 5.74) is -0.198. The van der Waals surface area contributed by atoms with Gasteiger partial charge >= 0.3 is 0 Å². The van der Waals surface area contributed by atoms with Gasteiger partial charge in [0.2, 0.25) is 10.0 Å². The summed E-state index contributed by atoms with van der Waals surface area (Å²) in [4.78, 5) is 10.3. The highest BCUT2D eigenvalue weighted by Crippen LogP contribution is 2.35. The van der Waals surface area contributed by atoms with Crippen LogP contribution in [0.25, 0.3) is 0 Å². The standard InChI is InChI=1S/C13H17N3O4S/c17-16(18)11-2-1-3-13(8-11)21(19,20)15(10-4-5-10)12-6-7-14-9-12/h1-3,8,10,12,14H,4-7,9H2. The predicted molar refractivity (Wildman–Crippen MR) is 76.4 cm³/mol. The Morgan fingerprint density at radius 1 is 1.24 bits per heavy atom. The second-order valence-electron chi connectivity index (χ2n) is 5.47. The smallest absolute Gasteiger partial charge is 0.270 e. The van der Waals surface area contributed by atoms with Gasteiger partial charge in [-0.2, -0.15) is 4.31 Å². The van der Waals surface area contributed by atoms with E-state index in [0.717, 1.165) is 31.9 Å². The highest BCUT2D eigenvalue weighted by molar-refractivity contribution is 7.89. The molecule has 1 heterocycles. The third-order valence-electron chi connectivity index (χ3n) is 3.90. The lowest BCUT2D eigenvalue weighted by Gasteiger charge is -2.27. The molecule has 7 nitrogen and oxygen atoms in total. The van der Waals surface area contributed by atoms with Crippen LogP contribution in [0.1, 0.15) is 19.3 Å². The van der Waals surface area contributed by atoms with Crippen LogP contribution >= 0.6 is 0 Å². The van der Waals surface area contributed by atoms with Crippen molar-refractivity contribution in [1.29, 1.82) is 0 Å². The van der Waals surface area contributed by atoms with Crippen molar-refractivity contribution in [2.75, 3.05) is 13.1 Å². The van der Waals surface area contributed by atoms with Crippen molar-refractivity contribution in [3.63, 3.8) is 0 Å². The van der Waals surface area contributed by atoms with Crippen LogP contribution in [0.5, 0.6) is 0 Å². The second kappa shape index (κ2) is 5.36. The quantitative estimate of drug-likeness (QED) is 0.649. The van der Waals surface area contributed by atoms with Crippen LogP contribution in [0, 0.1) is 10.1 Å². The third-order valence-corrected chi connectivity index (χ3v) is 5.91. The number of benzene rings is 1. The highest BCUT2D eigenvalue weighted by atomic mass is 32.2. The largest absolute Gasteiger partial charge is 0.315 e. The van der Waals surface area contributed by atoms with Gasteiger partial charge in [0.1, 0.15) is 0 Å². The third kappa shape index (κ3) is 2.78. The average Bonchev–Trinajstić information content (AvgIpc) is 3.13. The maximum atomic E-state index is 12.9. The minimum absolute atomic E-state index is 0.00972.